The van der Waals surface area contributed by atoms with E-state index >= 15 is 0 Å². The minimum absolute atomic E-state index is 0.0339. The average Bonchev–Trinajstić information content (AvgIpc) is 2.77. The predicted octanol–water partition coefficient (Wildman–Crippen LogP) is 3.11. The SMILES string of the molecule is CCOc1ccc(C(=O)N2CCN(CC(=O)Nc3c(C)cccc3C)CC2)cc1OC. The van der Waals surface area contributed by atoms with Gasteiger partial charge in [0.2, 0.25) is 5.91 Å². The van der Waals surface area contributed by atoms with Crippen molar-refractivity contribution in [3.63, 3.8) is 0 Å². The van der Waals surface area contributed by atoms with Crippen molar-refractivity contribution in [3.05, 3.63) is 53.1 Å². The number of rotatable bonds is 7. The third kappa shape index (κ3) is 5.55. The van der Waals surface area contributed by atoms with Crippen LogP contribution < -0.4 is 14.8 Å². The Hall–Kier alpha value is -3.06. The molecule has 0 aliphatic carbocycles. The summed E-state index contributed by atoms with van der Waals surface area (Å²) in [5.74, 6) is 1.10. The zero-order valence-corrected chi connectivity index (χ0v) is 18.7. The first-order chi connectivity index (χ1) is 14.9. The Kier molecular flexibility index (Phi) is 7.52. The monoisotopic (exact) mass is 425 g/mol. The predicted molar refractivity (Wildman–Crippen MR) is 121 cm³/mol. The fourth-order valence-electron chi connectivity index (χ4n) is 3.76. The molecule has 1 heterocycles. The molecule has 2 aromatic carbocycles. The molecule has 0 aromatic heterocycles. The number of benzene rings is 2. The number of ether oxygens (including phenoxy) is 2. The van der Waals surface area contributed by atoms with Crippen molar-refractivity contribution >= 4 is 17.5 Å². The summed E-state index contributed by atoms with van der Waals surface area (Å²) in [5.41, 5.74) is 3.55. The maximum Gasteiger partial charge on any atom is 0.254 e. The van der Waals surface area contributed by atoms with Gasteiger partial charge in [-0.05, 0) is 50.1 Å². The van der Waals surface area contributed by atoms with E-state index in [0.29, 0.717) is 56.4 Å². The van der Waals surface area contributed by atoms with Crippen LogP contribution >= 0.6 is 0 Å². The molecular formula is C24H31N3O4. The van der Waals surface area contributed by atoms with Gasteiger partial charge >= 0.3 is 0 Å². The quantitative estimate of drug-likeness (QED) is 0.738. The Morgan fingerprint density at radius 3 is 2.29 bits per heavy atom. The molecule has 2 aromatic rings. The minimum Gasteiger partial charge on any atom is -0.493 e. The number of hydrogen-bond donors (Lipinski definition) is 1. The van der Waals surface area contributed by atoms with Gasteiger partial charge in [-0.15, -0.1) is 0 Å². The zero-order valence-electron chi connectivity index (χ0n) is 18.7. The van der Waals surface area contributed by atoms with Gasteiger partial charge in [0.15, 0.2) is 11.5 Å². The molecule has 0 saturated carbocycles. The van der Waals surface area contributed by atoms with Crippen LogP contribution in [0.5, 0.6) is 11.5 Å². The summed E-state index contributed by atoms with van der Waals surface area (Å²) in [4.78, 5) is 29.3. The standard InChI is InChI=1S/C24H31N3O4/c1-5-31-20-10-9-19(15-21(20)30-4)24(29)27-13-11-26(12-14-27)16-22(28)25-23-17(2)7-6-8-18(23)3/h6-10,15H,5,11-14,16H2,1-4H3,(H,25,28). The van der Waals surface area contributed by atoms with Crippen molar-refractivity contribution in [3.8, 4) is 11.5 Å². The molecule has 1 aliphatic rings. The van der Waals surface area contributed by atoms with Gasteiger partial charge in [-0.25, -0.2) is 0 Å². The number of amides is 2. The molecule has 31 heavy (non-hydrogen) atoms. The minimum atomic E-state index is -0.0408. The van der Waals surface area contributed by atoms with Crippen LogP contribution in [0.4, 0.5) is 5.69 Å². The van der Waals surface area contributed by atoms with Crippen molar-refractivity contribution < 1.29 is 19.1 Å². The third-order valence-electron chi connectivity index (χ3n) is 5.48. The lowest BCUT2D eigenvalue weighted by atomic mass is 10.1. The number of para-hydroxylation sites is 1. The van der Waals surface area contributed by atoms with Crippen molar-refractivity contribution in [1.29, 1.82) is 0 Å². The molecule has 7 heteroatoms. The molecule has 0 spiro atoms. The van der Waals surface area contributed by atoms with Crippen LogP contribution in [-0.2, 0) is 4.79 Å². The fourth-order valence-corrected chi connectivity index (χ4v) is 3.76. The highest BCUT2D eigenvalue weighted by atomic mass is 16.5. The van der Waals surface area contributed by atoms with Gasteiger partial charge in [-0.2, -0.15) is 0 Å². The number of carbonyl (C=O) groups is 2. The highest BCUT2D eigenvalue weighted by molar-refractivity contribution is 5.95. The van der Waals surface area contributed by atoms with Gasteiger partial charge in [-0.3, -0.25) is 14.5 Å². The molecule has 166 valence electrons. The maximum absolute atomic E-state index is 12.9. The van der Waals surface area contributed by atoms with Gasteiger partial charge in [0.05, 0.1) is 20.3 Å². The number of piperazine rings is 1. The van der Waals surface area contributed by atoms with Gasteiger partial charge in [0.1, 0.15) is 0 Å². The first kappa shape index (κ1) is 22.6. The van der Waals surface area contributed by atoms with E-state index in [-0.39, 0.29) is 11.8 Å². The second kappa shape index (κ2) is 10.3. The summed E-state index contributed by atoms with van der Waals surface area (Å²) in [6.45, 7) is 9.18. The van der Waals surface area contributed by atoms with Crippen LogP contribution in [0.3, 0.4) is 0 Å². The normalized spacial score (nSPS) is 14.3. The number of anilines is 1. The molecule has 1 aliphatic heterocycles. The molecule has 1 fully saturated rings. The van der Waals surface area contributed by atoms with Crippen molar-refractivity contribution in [1.82, 2.24) is 9.80 Å². The molecule has 0 radical (unpaired) electrons. The Balaban J connectivity index is 1.54. The molecule has 0 atom stereocenters. The van der Waals surface area contributed by atoms with E-state index in [2.05, 4.69) is 10.2 Å². The molecular weight excluding hydrogens is 394 g/mol. The Morgan fingerprint density at radius 1 is 1.00 bits per heavy atom. The van der Waals surface area contributed by atoms with Crippen LogP contribution in [0.1, 0.15) is 28.4 Å². The number of nitrogens with zero attached hydrogens (tertiary/aromatic N) is 2. The summed E-state index contributed by atoms with van der Waals surface area (Å²) in [6.07, 6.45) is 0. The number of carbonyl (C=O) groups excluding carboxylic acids is 2. The average molecular weight is 426 g/mol. The lowest BCUT2D eigenvalue weighted by molar-refractivity contribution is -0.117. The Bertz CT molecular complexity index is 916. The summed E-state index contributed by atoms with van der Waals surface area (Å²) in [5, 5.41) is 3.03. The second-order valence-corrected chi connectivity index (χ2v) is 7.68. The largest absolute Gasteiger partial charge is 0.493 e. The molecule has 3 rings (SSSR count). The van der Waals surface area contributed by atoms with Gasteiger partial charge in [0, 0.05) is 37.4 Å². The second-order valence-electron chi connectivity index (χ2n) is 7.68. The van der Waals surface area contributed by atoms with Crippen LogP contribution in [-0.4, -0.2) is 68.1 Å². The van der Waals surface area contributed by atoms with Crippen molar-refractivity contribution in [2.45, 2.75) is 20.8 Å². The van der Waals surface area contributed by atoms with Crippen molar-refractivity contribution in [2.75, 3.05) is 51.8 Å². The Labute approximate surface area is 183 Å². The Morgan fingerprint density at radius 2 is 1.68 bits per heavy atom. The van der Waals surface area contributed by atoms with E-state index in [1.807, 2.05) is 43.9 Å². The van der Waals surface area contributed by atoms with Crippen LogP contribution in [0.25, 0.3) is 0 Å². The summed E-state index contributed by atoms with van der Waals surface area (Å²) in [7, 11) is 1.56. The lowest BCUT2D eigenvalue weighted by Gasteiger charge is -2.34. The van der Waals surface area contributed by atoms with Gasteiger partial charge < -0.3 is 19.7 Å². The van der Waals surface area contributed by atoms with Gasteiger partial charge in [0.25, 0.3) is 5.91 Å². The topological polar surface area (TPSA) is 71.1 Å². The molecule has 2 amide bonds. The smallest absolute Gasteiger partial charge is 0.254 e. The summed E-state index contributed by atoms with van der Waals surface area (Å²) in [6, 6.07) is 11.2. The molecule has 0 unspecified atom stereocenters. The maximum atomic E-state index is 12.9. The molecule has 1 N–H and O–H groups in total. The van der Waals surface area contributed by atoms with E-state index in [1.54, 1.807) is 25.3 Å². The number of nitrogens with one attached hydrogen (secondary N) is 1. The van der Waals surface area contributed by atoms with E-state index < -0.39 is 0 Å². The van der Waals surface area contributed by atoms with E-state index in [0.717, 1.165) is 16.8 Å². The third-order valence-corrected chi connectivity index (χ3v) is 5.48. The van der Waals surface area contributed by atoms with E-state index in [4.69, 9.17) is 9.47 Å². The molecule has 0 bridgehead atoms. The highest BCUT2D eigenvalue weighted by Gasteiger charge is 2.24. The van der Waals surface area contributed by atoms with Crippen LogP contribution in [0, 0.1) is 13.8 Å². The highest BCUT2D eigenvalue weighted by Crippen LogP contribution is 2.28. The zero-order chi connectivity index (χ0) is 22.4. The number of aryl methyl sites for hydroxylation is 2. The number of methoxy groups -OCH3 is 1. The van der Waals surface area contributed by atoms with Crippen LogP contribution in [0.15, 0.2) is 36.4 Å². The molecule has 1 saturated heterocycles. The first-order valence-corrected chi connectivity index (χ1v) is 10.6. The van der Waals surface area contributed by atoms with Gasteiger partial charge in [-0.1, -0.05) is 18.2 Å². The van der Waals surface area contributed by atoms with E-state index in [9.17, 15) is 9.59 Å². The first-order valence-electron chi connectivity index (χ1n) is 10.6. The fraction of sp³-hybridized carbons (Fsp3) is 0.417. The number of hydrogen-bond acceptors (Lipinski definition) is 5. The van der Waals surface area contributed by atoms with E-state index in [1.165, 1.54) is 0 Å². The van der Waals surface area contributed by atoms with Crippen molar-refractivity contribution in [2.24, 2.45) is 0 Å². The molecule has 7 nitrogen and oxygen atoms in total. The summed E-state index contributed by atoms with van der Waals surface area (Å²) >= 11 is 0. The van der Waals surface area contributed by atoms with Crippen LogP contribution in [0.2, 0.25) is 0 Å². The lowest BCUT2D eigenvalue weighted by Crippen LogP contribution is -2.50. The summed E-state index contributed by atoms with van der Waals surface area (Å²) < 4.78 is 10.9.